The highest BCUT2D eigenvalue weighted by Crippen LogP contribution is 2.45. The molecule has 2 N–H and O–H groups in total. The molecule has 0 amide bonds. The second kappa shape index (κ2) is 8.97. The Morgan fingerprint density at radius 2 is 2.09 bits per heavy atom. The zero-order valence-corrected chi connectivity index (χ0v) is 18.7. The number of rotatable bonds is 8. The van der Waals surface area contributed by atoms with E-state index in [9.17, 15) is 9.59 Å². The summed E-state index contributed by atoms with van der Waals surface area (Å²) in [5.74, 6) is -0.168. The van der Waals surface area contributed by atoms with Crippen LogP contribution in [0.3, 0.4) is 0 Å². The molecule has 0 radical (unpaired) electrons. The van der Waals surface area contributed by atoms with Crippen molar-refractivity contribution in [1.82, 2.24) is 9.88 Å². The summed E-state index contributed by atoms with van der Waals surface area (Å²) in [5, 5.41) is 12.5. The maximum atomic E-state index is 15.5. The number of aromatic nitrogens is 1. The van der Waals surface area contributed by atoms with E-state index in [-0.39, 0.29) is 17.2 Å². The van der Waals surface area contributed by atoms with E-state index < -0.39 is 17.4 Å². The number of nitrogens with one attached hydrogen (secondary N) is 1. The van der Waals surface area contributed by atoms with Crippen molar-refractivity contribution in [2.45, 2.75) is 52.1 Å². The molecule has 174 valence electrons. The van der Waals surface area contributed by atoms with Crippen LogP contribution >= 0.6 is 0 Å². The first-order valence-electron chi connectivity index (χ1n) is 11.3. The summed E-state index contributed by atoms with van der Waals surface area (Å²) in [4.78, 5) is 26.0. The van der Waals surface area contributed by atoms with Gasteiger partial charge in [0.2, 0.25) is 5.43 Å². The topological polar surface area (TPSA) is 93.0 Å². The first-order valence-corrected chi connectivity index (χ1v) is 11.3. The summed E-state index contributed by atoms with van der Waals surface area (Å²) in [6.07, 6.45) is 2.53. The van der Waals surface area contributed by atoms with Gasteiger partial charge in [0.25, 0.3) is 0 Å². The molecule has 1 aromatic carbocycles. The van der Waals surface area contributed by atoms with E-state index in [0.29, 0.717) is 48.6 Å². The average Bonchev–Trinajstić information content (AvgIpc) is 3.47. The molecule has 0 spiro atoms. The molecule has 1 aliphatic carbocycles. The smallest absolute Gasteiger partial charge is 0.489 e. The summed E-state index contributed by atoms with van der Waals surface area (Å²) < 4.78 is 28.0. The van der Waals surface area contributed by atoms with Crippen LogP contribution in [0.5, 0.6) is 11.5 Å². The van der Waals surface area contributed by atoms with Crippen LogP contribution in [-0.2, 0) is 0 Å². The summed E-state index contributed by atoms with van der Waals surface area (Å²) in [7, 11) is 0. The molecule has 1 aliphatic heterocycles. The molecule has 1 saturated carbocycles. The molecule has 0 bridgehead atoms. The number of carboxylic acid groups (broad SMARTS) is 1. The lowest BCUT2D eigenvalue weighted by atomic mass is 10.0. The number of hydrogen-bond donors (Lipinski definition) is 2. The van der Waals surface area contributed by atoms with Crippen LogP contribution in [0.2, 0.25) is 0 Å². The van der Waals surface area contributed by atoms with E-state index >= 15 is 4.39 Å². The van der Waals surface area contributed by atoms with Gasteiger partial charge < -0.3 is 29.4 Å². The Bertz CT molecular complexity index is 1080. The highest BCUT2D eigenvalue weighted by Gasteiger charge is 2.34. The molecule has 2 aromatic rings. The lowest BCUT2D eigenvalue weighted by Crippen LogP contribution is -2.35. The Morgan fingerprint density at radius 3 is 2.72 bits per heavy atom. The van der Waals surface area contributed by atoms with Gasteiger partial charge in [-0.2, -0.15) is 0 Å². The van der Waals surface area contributed by atoms with Crippen molar-refractivity contribution >= 4 is 22.7 Å². The number of fused-ring (bicyclic) bond motifs is 1. The first kappa shape index (κ1) is 22.4. The van der Waals surface area contributed by atoms with Crippen molar-refractivity contribution in [2.24, 2.45) is 5.92 Å². The van der Waals surface area contributed by atoms with Gasteiger partial charge in [-0.15, -0.1) is 0 Å². The minimum atomic E-state index is -1.58. The SMILES string of the molecule is CCN[C@H](C)[C@@H]1CCN(c2c(F)cc3c(=O)c(OC(=O)O)cn(C4CC4)c3c2OCC)C1. The maximum absolute atomic E-state index is 15.5. The van der Waals surface area contributed by atoms with Gasteiger partial charge in [0.15, 0.2) is 17.3 Å². The van der Waals surface area contributed by atoms with Gasteiger partial charge in [-0.1, -0.05) is 6.92 Å². The number of benzene rings is 1. The lowest BCUT2D eigenvalue weighted by Gasteiger charge is -2.26. The fourth-order valence-corrected chi connectivity index (χ4v) is 4.69. The highest BCUT2D eigenvalue weighted by atomic mass is 19.1. The fraction of sp³-hybridized carbons (Fsp3) is 0.565. The average molecular weight is 448 g/mol. The largest absolute Gasteiger partial charge is 0.511 e. The monoisotopic (exact) mass is 447 g/mol. The van der Waals surface area contributed by atoms with Crippen molar-refractivity contribution in [2.75, 3.05) is 31.1 Å². The van der Waals surface area contributed by atoms with Gasteiger partial charge in [0.05, 0.1) is 23.7 Å². The predicted octanol–water partition coefficient (Wildman–Crippen LogP) is 3.76. The molecule has 4 rings (SSSR count). The molecule has 2 atom stereocenters. The van der Waals surface area contributed by atoms with Gasteiger partial charge in [0, 0.05) is 25.2 Å². The Labute approximate surface area is 185 Å². The van der Waals surface area contributed by atoms with Crippen molar-refractivity contribution in [3.63, 3.8) is 0 Å². The minimum Gasteiger partial charge on any atom is -0.489 e. The molecular formula is C23H30FN3O5. The van der Waals surface area contributed by atoms with E-state index in [4.69, 9.17) is 14.6 Å². The Hall–Kier alpha value is -2.81. The minimum absolute atomic E-state index is 0.0668. The van der Waals surface area contributed by atoms with Crippen LogP contribution in [0.4, 0.5) is 14.9 Å². The van der Waals surface area contributed by atoms with Crippen LogP contribution < -0.4 is 25.1 Å². The molecule has 9 heteroatoms. The number of ether oxygens (including phenoxy) is 2. The van der Waals surface area contributed by atoms with Gasteiger partial charge >= 0.3 is 6.16 Å². The molecule has 0 unspecified atom stereocenters. The second-order valence-electron chi connectivity index (χ2n) is 8.54. The van der Waals surface area contributed by atoms with E-state index in [1.807, 2.05) is 16.4 Å². The van der Waals surface area contributed by atoms with Gasteiger partial charge in [-0.3, -0.25) is 4.79 Å². The van der Waals surface area contributed by atoms with Gasteiger partial charge in [0.1, 0.15) is 5.69 Å². The third kappa shape index (κ3) is 4.13. The number of halogens is 1. The summed E-state index contributed by atoms with van der Waals surface area (Å²) in [6.45, 7) is 8.60. The van der Waals surface area contributed by atoms with Crippen LogP contribution in [0, 0.1) is 11.7 Å². The second-order valence-corrected chi connectivity index (χ2v) is 8.54. The number of anilines is 1. The number of carbonyl (C=O) groups is 1. The highest BCUT2D eigenvalue weighted by molar-refractivity contribution is 5.92. The molecule has 2 heterocycles. The number of pyridine rings is 1. The number of hydrogen-bond acceptors (Lipinski definition) is 6. The van der Waals surface area contributed by atoms with Crippen LogP contribution in [0.15, 0.2) is 17.1 Å². The van der Waals surface area contributed by atoms with E-state index in [0.717, 1.165) is 25.8 Å². The van der Waals surface area contributed by atoms with Crippen LogP contribution in [0.25, 0.3) is 10.9 Å². The summed E-state index contributed by atoms with van der Waals surface area (Å²) in [5.41, 5.74) is 0.202. The third-order valence-corrected chi connectivity index (χ3v) is 6.37. The molecule has 8 nitrogen and oxygen atoms in total. The van der Waals surface area contributed by atoms with E-state index in [1.54, 1.807) is 0 Å². The van der Waals surface area contributed by atoms with Gasteiger partial charge in [-0.05, 0) is 51.6 Å². The third-order valence-electron chi connectivity index (χ3n) is 6.37. The summed E-state index contributed by atoms with van der Waals surface area (Å²) in [6, 6.07) is 1.60. The van der Waals surface area contributed by atoms with Crippen molar-refractivity contribution in [3.8, 4) is 11.5 Å². The Morgan fingerprint density at radius 1 is 1.34 bits per heavy atom. The molecular weight excluding hydrogens is 417 g/mol. The predicted molar refractivity (Wildman–Crippen MR) is 120 cm³/mol. The maximum Gasteiger partial charge on any atom is 0.511 e. The van der Waals surface area contributed by atoms with E-state index in [2.05, 4.69) is 19.2 Å². The molecule has 2 fully saturated rings. The normalized spacial score (nSPS) is 19.4. The molecule has 32 heavy (non-hydrogen) atoms. The molecule has 2 aliphatic rings. The molecule has 1 aromatic heterocycles. The van der Waals surface area contributed by atoms with Crippen molar-refractivity contribution in [3.05, 3.63) is 28.3 Å². The standard InChI is InChI=1S/C23H30FN3O5/c1-4-25-13(3)14-8-9-26(11-14)20-17(24)10-16-19(22(20)31-5-2)27(15-6-7-15)12-18(21(16)28)32-23(29)30/h10,12-15,25H,4-9,11H2,1-3H3,(H,29,30)/t13-,14-/m1/s1. The Kier molecular flexibility index (Phi) is 6.28. The lowest BCUT2D eigenvalue weighted by molar-refractivity contribution is 0.143. The first-order chi connectivity index (χ1) is 15.3. The van der Waals surface area contributed by atoms with E-state index in [1.165, 1.54) is 12.3 Å². The van der Waals surface area contributed by atoms with Crippen molar-refractivity contribution < 1.29 is 23.8 Å². The van der Waals surface area contributed by atoms with Crippen LogP contribution in [-0.4, -0.2) is 48.1 Å². The quantitative estimate of drug-likeness (QED) is 0.595. The van der Waals surface area contributed by atoms with Crippen molar-refractivity contribution in [1.29, 1.82) is 0 Å². The van der Waals surface area contributed by atoms with Crippen LogP contribution in [0.1, 0.15) is 46.1 Å². The zero-order chi connectivity index (χ0) is 23.0. The zero-order valence-electron chi connectivity index (χ0n) is 18.7. The Balaban J connectivity index is 1.87. The molecule has 1 saturated heterocycles. The fourth-order valence-electron chi connectivity index (χ4n) is 4.69. The summed E-state index contributed by atoms with van der Waals surface area (Å²) >= 11 is 0. The van der Waals surface area contributed by atoms with Gasteiger partial charge in [-0.25, -0.2) is 9.18 Å². The number of nitrogens with zero attached hydrogens (tertiary/aromatic N) is 2.